The Hall–Kier alpha value is -2.27. The molecule has 0 aliphatic heterocycles. The third-order valence-electron chi connectivity index (χ3n) is 2.98. The van der Waals surface area contributed by atoms with Crippen LogP contribution in [0.1, 0.15) is 5.56 Å². The lowest BCUT2D eigenvalue weighted by Crippen LogP contribution is -2.03. The summed E-state index contributed by atoms with van der Waals surface area (Å²) in [6.07, 6.45) is 3.36. The molecule has 1 atom stereocenters. The first-order valence-electron chi connectivity index (χ1n) is 6.16. The van der Waals surface area contributed by atoms with E-state index in [4.69, 9.17) is 5.73 Å². The van der Waals surface area contributed by atoms with Crippen LogP contribution >= 0.6 is 0 Å². The van der Waals surface area contributed by atoms with Gasteiger partial charge in [0.1, 0.15) is 5.03 Å². The van der Waals surface area contributed by atoms with Crippen molar-refractivity contribution in [2.75, 3.05) is 5.73 Å². The van der Waals surface area contributed by atoms with Gasteiger partial charge in [0.05, 0.1) is 27.8 Å². The fraction of sp³-hybridized carbons (Fsp3) is 0.0667. The van der Waals surface area contributed by atoms with E-state index < -0.39 is 10.8 Å². The van der Waals surface area contributed by atoms with E-state index in [0.717, 1.165) is 16.5 Å². The number of aromatic nitrogens is 2. The van der Waals surface area contributed by atoms with Crippen LogP contribution in [0.4, 0.5) is 5.69 Å². The molecule has 0 aliphatic rings. The Morgan fingerprint density at radius 2 is 1.85 bits per heavy atom. The summed E-state index contributed by atoms with van der Waals surface area (Å²) in [4.78, 5) is 8.36. The Morgan fingerprint density at radius 3 is 2.70 bits per heavy atom. The van der Waals surface area contributed by atoms with E-state index in [-0.39, 0.29) is 0 Å². The molecule has 3 rings (SSSR count). The van der Waals surface area contributed by atoms with Crippen molar-refractivity contribution in [3.63, 3.8) is 0 Å². The van der Waals surface area contributed by atoms with Crippen LogP contribution in [0.2, 0.25) is 0 Å². The van der Waals surface area contributed by atoms with Crippen LogP contribution in [-0.2, 0) is 16.6 Å². The Labute approximate surface area is 119 Å². The predicted molar refractivity (Wildman–Crippen MR) is 80.5 cm³/mol. The quantitative estimate of drug-likeness (QED) is 0.802. The van der Waals surface area contributed by atoms with E-state index in [2.05, 4.69) is 9.97 Å². The van der Waals surface area contributed by atoms with Crippen LogP contribution in [0.15, 0.2) is 59.9 Å². The molecule has 2 heterocycles. The van der Waals surface area contributed by atoms with Crippen LogP contribution in [0.3, 0.4) is 0 Å². The second kappa shape index (κ2) is 5.38. The zero-order valence-electron chi connectivity index (χ0n) is 10.7. The maximum atomic E-state index is 12.3. The number of benzene rings is 1. The number of fused-ring (bicyclic) bond motifs is 1. The van der Waals surface area contributed by atoms with E-state index >= 15 is 0 Å². The smallest absolute Gasteiger partial charge is 0.150 e. The Balaban J connectivity index is 1.89. The summed E-state index contributed by atoms with van der Waals surface area (Å²) in [6, 6.07) is 13.2. The van der Waals surface area contributed by atoms with Gasteiger partial charge in [-0.2, -0.15) is 0 Å². The molecule has 4 nitrogen and oxygen atoms in total. The summed E-state index contributed by atoms with van der Waals surface area (Å²) in [5.41, 5.74) is 8.18. The summed E-state index contributed by atoms with van der Waals surface area (Å²) >= 11 is 0. The van der Waals surface area contributed by atoms with Gasteiger partial charge in [0, 0.05) is 17.8 Å². The molecule has 5 heteroatoms. The van der Waals surface area contributed by atoms with Crippen LogP contribution in [0, 0.1) is 0 Å². The second-order valence-corrected chi connectivity index (χ2v) is 5.78. The lowest BCUT2D eigenvalue weighted by Gasteiger charge is -2.05. The Morgan fingerprint density at radius 1 is 1.05 bits per heavy atom. The number of hydrogen-bond donors (Lipinski definition) is 1. The number of nitrogens with zero attached hydrogens (tertiary/aromatic N) is 2. The molecule has 100 valence electrons. The molecule has 0 bridgehead atoms. The van der Waals surface area contributed by atoms with Gasteiger partial charge in [0.2, 0.25) is 0 Å². The number of nitrogen functional groups attached to an aromatic ring is 1. The van der Waals surface area contributed by atoms with Gasteiger partial charge in [-0.3, -0.25) is 9.19 Å². The fourth-order valence-electron chi connectivity index (χ4n) is 2.03. The van der Waals surface area contributed by atoms with Gasteiger partial charge in [-0.15, -0.1) is 0 Å². The molecule has 2 aromatic heterocycles. The van der Waals surface area contributed by atoms with Crippen LogP contribution in [-0.4, -0.2) is 14.2 Å². The summed E-state index contributed by atoms with van der Waals surface area (Å²) in [5.74, 6) is 0.395. The van der Waals surface area contributed by atoms with Gasteiger partial charge < -0.3 is 5.73 Å². The predicted octanol–water partition coefficient (Wildman–Crippen LogP) is 2.52. The first-order chi connectivity index (χ1) is 9.74. The molecule has 0 amide bonds. The molecule has 20 heavy (non-hydrogen) atoms. The highest BCUT2D eigenvalue weighted by atomic mass is 32.2. The van der Waals surface area contributed by atoms with E-state index in [1.54, 1.807) is 24.5 Å². The average Bonchev–Trinajstić information content (AvgIpc) is 2.47. The monoisotopic (exact) mass is 283 g/mol. The van der Waals surface area contributed by atoms with Crippen molar-refractivity contribution >= 4 is 27.4 Å². The van der Waals surface area contributed by atoms with E-state index in [9.17, 15) is 4.21 Å². The van der Waals surface area contributed by atoms with Gasteiger partial charge in [0.25, 0.3) is 0 Å². The van der Waals surface area contributed by atoms with E-state index in [1.807, 2.05) is 30.3 Å². The van der Waals surface area contributed by atoms with Crippen molar-refractivity contribution in [1.82, 2.24) is 9.97 Å². The number of nitrogens with two attached hydrogens (primary N) is 1. The van der Waals surface area contributed by atoms with Crippen molar-refractivity contribution in [3.05, 3.63) is 60.4 Å². The third kappa shape index (κ3) is 2.53. The summed E-state index contributed by atoms with van der Waals surface area (Å²) in [6.45, 7) is 0. The fourth-order valence-corrected chi connectivity index (χ4v) is 3.16. The number of rotatable bonds is 3. The second-order valence-electron chi connectivity index (χ2n) is 4.42. The van der Waals surface area contributed by atoms with Crippen LogP contribution < -0.4 is 5.73 Å². The molecule has 1 unspecified atom stereocenters. The van der Waals surface area contributed by atoms with Crippen LogP contribution in [0.5, 0.6) is 0 Å². The molecular formula is C15H13N3OS. The van der Waals surface area contributed by atoms with Crippen molar-refractivity contribution in [1.29, 1.82) is 0 Å². The van der Waals surface area contributed by atoms with Crippen LogP contribution in [0.25, 0.3) is 10.9 Å². The molecule has 2 N–H and O–H groups in total. The molecule has 0 saturated carbocycles. The zero-order chi connectivity index (χ0) is 13.9. The highest BCUT2D eigenvalue weighted by Crippen LogP contribution is 2.19. The molecule has 0 fully saturated rings. The maximum Gasteiger partial charge on any atom is 0.150 e. The highest BCUT2D eigenvalue weighted by molar-refractivity contribution is 7.84. The minimum Gasteiger partial charge on any atom is -0.396 e. The minimum atomic E-state index is -1.25. The number of hydrogen-bond acceptors (Lipinski definition) is 4. The Bertz CT molecular complexity index is 789. The average molecular weight is 283 g/mol. The molecule has 0 radical (unpaired) electrons. The Kier molecular flexibility index (Phi) is 3.43. The molecule has 1 aromatic carbocycles. The number of pyridine rings is 2. The van der Waals surface area contributed by atoms with Crippen molar-refractivity contribution in [2.24, 2.45) is 0 Å². The lowest BCUT2D eigenvalue weighted by atomic mass is 10.1. The normalized spacial score (nSPS) is 12.4. The van der Waals surface area contributed by atoms with Crippen molar-refractivity contribution in [3.8, 4) is 0 Å². The molecule has 0 spiro atoms. The summed E-state index contributed by atoms with van der Waals surface area (Å²) in [5, 5.41) is 1.48. The largest absolute Gasteiger partial charge is 0.396 e. The molecule has 0 saturated heterocycles. The molecule has 0 aliphatic carbocycles. The van der Waals surface area contributed by atoms with Gasteiger partial charge >= 0.3 is 0 Å². The van der Waals surface area contributed by atoms with Gasteiger partial charge in [0.15, 0.2) is 0 Å². The minimum absolute atomic E-state index is 0.395. The van der Waals surface area contributed by atoms with Crippen molar-refractivity contribution < 1.29 is 4.21 Å². The molecule has 3 aromatic rings. The first kappa shape index (κ1) is 12.7. The van der Waals surface area contributed by atoms with E-state index in [0.29, 0.717) is 16.5 Å². The molecular weight excluding hydrogens is 270 g/mol. The number of anilines is 1. The first-order valence-corrected chi connectivity index (χ1v) is 7.48. The SMILES string of the molecule is Nc1cccnc1S(=O)Cc1ccc2ncccc2c1. The van der Waals surface area contributed by atoms with E-state index in [1.165, 1.54) is 0 Å². The summed E-state index contributed by atoms with van der Waals surface area (Å²) < 4.78 is 12.3. The maximum absolute atomic E-state index is 12.3. The third-order valence-corrected chi connectivity index (χ3v) is 4.35. The van der Waals surface area contributed by atoms with Gasteiger partial charge in [-0.25, -0.2) is 4.98 Å². The zero-order valence-corrected chi connectivity index (χ0v) is 11.5. The van der Waals surface area contributed by atoms with Crippen molar-refractivity contribution in [2.45, 2.75) is 10.8 Å². The van der Waals surface area contributed by atoms with Gasteiger partial charge in [-0.05, 0) is 35.9 Å². The highest BCUT2D eigenvalue weighted by Gasteiger charge is 2.10. The van der Waals surface area contributed by atoms with Gasteiger partial charge in [-0.1, -0.05) is 12.1 Å². The lowest BCUT2D eigenvalue weighted by molar-refractivity contribution is 0.680. The summed E-state index contributed by atoms with van der Waals surface area (Å²) in [7, 11) is -1.25. The standard InChI is InChI=1S/C15H13N3OS/c16-13-4-2-8-18-15(13)20(19)10-11-5-6-14-12(9-11)3-1-7-17-14/h1-9H,10,16H2. The topological polar surface area (TPSA) is 68.9 Å².